The topological polar surface area (TPSA) is 131 Å². The van der Waals surface area contributed by atoms with E-state index < -0.39 is 5.91 Å². The first-order valence-electron chi connectivity index (χ1n) is 9.66. The molecule has 3 heterocycles. The second-order valence-electron chi connectivity index (χ2n) is 6.95. The third-order valence-electron chi connectivity index (χ3n) is 4.79. The molecule has 0 aliphatic carbocycles. The number of hydrogen-bond donors (Lipinski definition) is 3. The summed E-state index contributed by atoms with van der Waals surface area (Å²) in [5.74, 6) is 0.482. The van der Waals surface area contributed by atoms with Gasteiger partial charge in [-0.1, -0.05) is 23.7 Å². The largest absolute Gasteiger partial charge is 0.440 e. The van der Waals surface area contributed by atoms with Gasteiger partial charge in [0.1, 0.15) is 23.5 Å². The lowest BCUT2D eigenvalue weighted by molar-refractivity contribution is 0.0916. The van der Waals surface area contributed by atoms with Crippen molar-refractivity contribution in [2.75, 3.05) is 5.32 Å². The number of carbonyl (C=O) groups excluding carboxylic acids is 1. The Kier molecular flexibility index (Phi) is 6.15. The van der Waals surface area contributed by atoms with Gasteiger partial charge in [-0.2, -0.15) is 5.10 Å². The lowest BCUT2D eigenvalue weighted by atomic mass is 10.1. The molecule has 0 spiro atoms. The van der Waals surface area contributed by atoms with E-state index in [-0.39, 0.29) is 19.0 Å². The number of nitrogens with zero attached hydrogens (tertiary/aromatic N) is 5. The van der Waals surface area contributed by atoms with Crippen LogP contribution in [0.25, 0.3) is 11.4 Å². The summed E-state index contributed by atoms with van der Waals surface area (Å²) < 4.78 is 7.03. The van der Waals surface area contributed by atoms with Crippen molar-refractivity contribution in [3.63, 3.8) is 0 Å². The predicted molar refractivity (Wildman–Crippen MR) is 117 cm³/mol. The van der Waals surface area contributed by atoms with Gasteiger partial charge in [-0.15, -0.1) is 0 Å². The number of nitrogens with one attached hydrogen (secondary N) is 2. The molecule has 0 radical (unpaired) electrons. The van der Waals surface area contributed by atoms with Gasteiger partial charge in [-0.3, -0.25) is 9.48 Å². The molecule has 1 aromatic carbocycles. The summed E-state index contributed by atoms with van der Waals surface area (Å²) in [4.78, 5) is 25.6. The van der Waals surface area contributed by atoms with Crippen LogP contribution in [-0.2, 0) is 20.2 Å². The molecule has 32 heavy (non-hydrogen) atoms. The van der Waals surface area contributed by atoms with Gasteiger partial charge in [0, 0.05) is 36.4 Å². The van der Waals surface area contributed by atoms with E-state index in [1.54, 1.807) is 48.4 Å². The van der Waals surface area contributed by atoms with Gasteiger partial charge < -0.3 is 20.2 Å². The molecule has 3 N–H and O–H groups in total. The normalized spacial score (nSPS) is 10.9. The van der Waals surface area contributed by atoms with Crippen molar-refractivity contribution in [3.05, 3.63) is 70.5 Å². The second-order valence-corrected chi connectivity index (χ2v) is 7.35. The number of carbonyl (C=O) groups is 1. The maximum Gasteiger partial charge on any atom is 0.307 e. The Labute approximate surface area is 188 Å². The molecule has 4 rings (SSSR count). The van der Waals surface area contributed by atoms with E-state index in [4.69, 9.17) is 16.0 Å². The Hall–Kier alpha value is -3.76. The van der Waals surface area contributed by atoms with E-state index in [0.717, 1.165) is 11.4 Å². The Morgan fingerprint density at radius 1 is 1.28 bits per heavy atom. The molecule has 0 unspecified atom stereocenters. The van der Waals surface area contributed by atoms with E-state index in [2.05, 4.69) is 30.7 Å². The molecule has 164 valence electrons. The molecule has 10 nitrogen and oxygen atoms in total. The van der Waals surface area contributed by atoms with E-state index in [0.29, 0.717) is 33.5 Å². The van der Waals surface area contributed by atoms with Gasteiger partial charge in [-0.25, -0.2) is 15.0 Å². The molecular formula is C21H20ClN7O3. The van der Waals surface area contributed by atoms with E-state index in [1.165, 1.54) is 6.26 Å². The molecule has 3 aromatic heterocycles. The average molecular weight is 454 g/mol. The van der Waals surface area contributed by atoms with Gasteiger partial charge in [0.25, 0.3) is 5.89 Å². The van der Waals surface area contributed by atoms with Gasteiger partial charge in [0.2, 0.25) is 5.95 Å². The van der Waals surface area contributed by atoms with E-state index in [9.17, 15) is 9.90 Å². The highest BCUT2D eigenvalue weighted by atomic mass is 35.5. The summed E-state index contributed by atoms with van der Waals surface area (Å²) in [5, 5.41) is 19.8. The van der Waals surface area contributed by atoms with Crippen LogP contribution in [0.15, 0.2) is 47.3 Å². The lowest BCUT2D eigenvalue weighted by Crippen LogP contribution is -2.23. The number of amides is 1. The number of halogens is 1. The molecule has 0 saturated carbocycles. The summed E-state index contributed by atoms with van der Waals surface area (Å²) in [5.41, 5.74) is 2.98. The van der Waals surface area contributed by atoms with Crippen molar-refractivity contribution in [1.82, 2.24) is 30.0 Å². The van der Waals surface area contributed by atoms with Crippen molar-refractivity contribution < 1.29 is 14.3 Å². The first-order valence-corrected chi connectivity index (χ1v) is 10.0. The summed E-state index contributed by atoms with van der Waals surface area (Å²) in [7, 11) is 1.80. The molecule has 0 aliphatic rings. The molecule has 0 bridgehead atoms. The highest BCUT2D eigenvalue weighted by molar-refractivity contribution is 6.31. The van der Waals surface area contributed by atoms with Crippen molar-refractivity contribution in [1.29, 1.82) is 0 Å². The number of aromatic nitrogens is 5. The fourth-order valence-corrected chi connectivity index (χ4v) is 3.31. The van der Waals surface area contributed by atoms with Crippen LogP contribution in [0, 0.1) is 6.92 Å². The minimum atomic E-state index is -0.500. The van der Waals surface area contributed by atoms with Crippen molar-refractivity contribution in [3.8, 4) is 11.4 Å². The van der Waals surface area contributed by atoms with Gasteiger partial charge in [-0.05, 0) is 24.1 Å². The van der Waals surface area contributed by atoms with Crippen LogP contribution in [0.3, 0.4) is 0 Å². The van der Waals surface area contributed by atoms with Gasteiger partial charge in [0.05, 0.1) is 12.8 Å². The fourth-order valence-electron chi connectivity index (χ4n) is 3.06. The van der Waals surface area contributed by atoms with Crippen molar-refractivity contribution in [2.45, 2.75) is 20.1 Å². The highest BCUT2D eigenvalue weighted by Gasteiger charge is 2.18. The fraction of sp³-hybridized carbons (Fsp3) is 0.190. The van der Waals surface area contributed by atoms with Gasteiger partial charge >= 0.3 is 5.91 Å². The minimum Gasteiger partial charge on any atom is -0.440 e. The molecule has 0 atom stereocenters. The van der Waals surface area contributed by atoms with Crippen LogP contribution >= 0.6 is 11.6 Å². The highest BCUT2D eigenvalue weighted by Crippen LogP contribution is 2.23. The number of rotatable bonds is 7. The summed E-state index contributed by atoms with van der Waals surface area (Å²) in [6, 6.07) is 7.00. The van der Waals surface area contributed by atoms with Crippen LogP contribution in [0.2, 0.25) is 5.02 Å². The van der Waals surface area contributed by atoms with Gasteiger partial charge in [0.15, 0.2) is 0 Å². The number of aliphatic hydroxyl groups is 1. The van der Waals surface area contributed by atoms with Crippen LogP contribution < -0.4 is 10.6 Å². The van der Waals surface area contributed by atoms with E-state index in [1.807, 2.05) is 6.92 Å². The zero-order valence-corrected chi connectivity index (χ0v) is 18.1. The smallest absolute Gasteiger partial charge is 0.307 e. The first-order chi connectivity index (χ1) is 15.5. The molecular weight excluding hydrogens is 434 g/mol. The monoisotopic (exact) mass is 453 g/mol. The number of hydrogen-bond acceptors (Lipinski definition) is 8. The number of aliphatic hydroxyl groups excluding tert-OH is 1. The Morgan fingerprint density at radius 2 is 2.12 bits per heavy atom. The molecule has 0 fully saturated rings. The number of aryl methyl sites for hydroxylation is 2. The Morgan fingerprint density at radius 3 is 2.88 bits per heavy atom. The molecule has 0 saturated heterocycles. The maximum atomic E-state index is 12.5. The van der Waals surface area contributed by atoms with E-state index >= 15 is 0 Å². The van der Waals surface area contributed by atoms with Crippen LogP contribution in [0.5, 0.6) is 0 Å². The maximum absolute atomic E-state index is 12.5. The van der Waals surface area contributed by atoms with Crippen LogP contribution in [0.1, 0.15) is 27.4 Å². The summed E-state index contributed by atoms with van der Waals surface area (Å²) >= 11 is 6.09. The average Bonchev–Trinajstić information content (AvgIpc) is 3.43. The number of anilines is 2. The molecule has 4 aromatic rings. The van der Waals surface area contributed by atoms with Crippen LogP contribution in [-0.4, -0.2) is 35.7 Å². The number of benzene rings is 1. The van der Waals surface area contributed by atoms with Crippen LogP contribution in [0.4, 0.5) is 11.8 Å². The zero-order valence-electron chi connectivity index (χ0n) is 17.3. The molecule has 1 amide bonds. The minimum absolute atomic E-state index is 0.105. The van der Waals surface area contributed by atoms with Crippen molar-refractivity contribution >= 4 is 29.3 Å². The molecule has 0 aliphatic heterocycles. The zero-order chi connectivity index (χ0) is 22.7. The van der Waals surface area contributed by atoms with Crippen molar-refractivity contribution in [2.24, 2.45) is 7.05 Å². The number of oxazole rings is 1. The second kappa shape index (κ2) is 9.16. The Balaban J connectivity index is 1.50. The Bertz CT molecular complexity index is 1270. The third-order valence-corrected chi connectivity index (χ3v) is 5.14. The standard InChI is InChI=1S/C21H20ClN7O3/c1-12-8-24-21(27-17-6-7-25-29(17)2)28-18(12)16-11-32-20(26-16)19(31)23-9-13-4-3-5-15(22)14(13)10-30/h3-8,11,30H,9-10H2,1-2H3,(H,23,31)(H,24,27,28). The summed E-state index contributed by atoms with van der Waals surface area (Å²) in [6.45, 7) is 1.78. The summed E-state index contributed by atoms with van der Waals surface area (Å²) in [6.07, 6.45) is 4.69. The molecule has 11 heteroatoms. The predicted octanol–water partition coefficient (Wildman–Crippen LogP) is 2.99. The third kappa shape index (κ3) is 4.46. The first kappa shape index (κ1) is 21.5. The quantitative estimate of drug-likeness (QED) is 0.389. The lowest BCUT2D eigenvalue weighted by Gasteiger charge is -2.09. The SMILES string of the molecule is Cc1cnc(Nc2ccnn2C)nc1-c1coc(C(=O)NCc2cccc(Cl)c2CO)n1.